The SMILES string of the molecule is C(#Cc1cccc(C2=Nc3c(c4cccnc4c4ncccc34)C2)c1)c1ccccc1. The van der Waals surface area contributed by atoms with Crippen LogP contribution >= 0.6 is 0 Å². The summed E-state index contributed by atoms with van der Waals surface area (Å²) in [6, 6.07) is 26.5. The quantitative estimate of drug-likeness (QED) is 0.263. The molecule has 2 aromatic heterocycles. The van der Waals surface area contributed by atoms with Crippen LogP contribution in [-0.4, -0.2) is 15.7 Å². The molecule has 0 radical (unpaired) electrons. The molecule has 0 N–H and O–H groups in total. The van der Waals surface area contributed by atoms with Gasteiger partial charge in [-0.25, -0.2) is 0 Å². The smallest absolute Gasteiger partial charge is 0.0986 e. The first kappa shape index (κ1) is 17.6. The molecule has 0 aliphatic carbocycles. The summed E-state index contributed by atoms with van der Waals surface area (Å²) in [4.78, 5) is 14.3. The van der Waals surface area contributed by atoms with E-state index in [-0.39, 0.29) is 0 Å². The van der Waals surface area contributed by atoms with Gasteiger partial charge < -0.3 is 0 Å². The van der Waals surface area contributed by atoms with Crippen LogP contribution in [0.1, 0.15) is 22.3 Å². The molecule has 0 bridgehead atoms. The first-order valence-electron chi connectivity index (χ1n) is 10.3. The third-order valence-electron chi connectivity index (χ3n) is 5.62. The summed E-state index contributed by atoms with van der Waals surface area (Å²) in [5.41, 5.74) is 8.23. The lowest BCUT2D eigenvalue weighted by atomic mass is 9.97. The molecule has 0 atom stereocenters. The number of benzene rings is 3. The Balaban J connectivity index is 1.45. The van der Waals surface area contributed by atoms with E-state index < -0.39 is 0 Å². The zero-order chi connectivity index (χ0) is 20.6. The second-order valence-electron chi connectivity index (χ2n) is 7.56. The van der Waals surface area contributed by atoms with Gasteiger partial charge >= 0.3 is 0 Å². The Morgan fingerprint density at radius 2 is 1.35 bits per heavy atom. The van der Waals surface area contributed by atoms with E-state index in [9.17, 15) is 0 Å². The largest absolute Gasteiger partial charge is 0.254 e. The first-order chi connectivity index (χ1) is 15.4. The second kappa shape index (κ2) is 7.19. The lowest BCUT2D eigenvalue weighted by Gasteiger charge is -2.08. The van der Waals surface area contributed by atoms with Crippen molar-refractivity contribution in [1.29, 1.82) is 0 Å². The van der Waals surface area contributed by atoms with Crippen LogP contribution < -0.4 is 0 Å². The highest BCUT2D eigenvalue weighted by atomic mass is 14.8. The monoisotopic (exact) mass is 395 g/mol. The third kappa shape index (κ3) is 3.06. The minimum Gasteiger partial charge on any atom is -0.254 e. The number of pyridine rings is 2. The highest BCUT2D eigenvalue weighted by molar-refractivity contribution is 6.18. The van der Waals surface area contributed by atoms with Crippen molar-refractivity contribution in [2.45, 2.75) is 6.42 Å². The number of aromatic nitrogens is 2. The van der Waals surface area contributed by atoms with Crippen molar-refractivity contribution in [3.8, 4) is 11.8 Å². The van der Waals surface area contributed by atoms with Crippen LogP contribution in [0.3, 0.4) is 0 Å². The maximum atomic E-state index is 5.06. The van der Waals surface area contributed by atoms with E-state index in [4.69, 9.17) is 4.99 Å². The Kier molecular flexibility index (Phi) is 4.08. The van der Waals surface area contributed by atoms with Gasteiger partial charge in [-0.15, -0.1) is 0 Å². The summed E-state index contributed by atoms with van der Waals surface area (Å²) in [6.07, 6.45) is 4.42. The Hall–Kier alpha value is -4.29. The van der Waals surface area contributed by atoms with E-state index in [0.29, 0.717) is 0 Å². The lowest BCUT2D eigenvalue weighted by Crippen LogP contribution is -2.01. The maximum absolute atomic E-state index is 5.06. The molecule has 3 heterocycles. The fourth-order valence-electron chi connectivity index (χ4n) is 4.17. The molecule has 0 amide bonds. The highest BCUT2D eigenvalue weighted by Gasteiger charge is 2.23. The molecule has 3 aromatic carbocycles. The van der Waals surface area contributed by atoms with Crippen LogP contribution in [0.4, 0.5) is 5.69 Å². The summed E-state index contributed by atoms with van der Waals surface area (Å²) < 4.78 is 0. The number of fused-ring (bicyclic) bond motifs is 6. The molecule has 31 heavy (non-hydrogen) atoms. The molecule has 5 aromatic rings. The van der Waals surface area contributed by atoms with Crippen molar-refractivity contribution in [3.63, 3.8) is 0 Å². The predicted octanol–water partition coefficient (Wildman–Crippen LogP) is 5.86. The summed E-state index contributed by atoms with van der Waals surface area (Å²) in [5.74, 6) is 6.52. The van der Waals surface area contributed by atoms with Crippen LogP contribution in [0.2, 0.25) is 0 Å². The number of nitrogens with zero attached hydrogens (tertiary/aromatic N) is 3. The maximum Gasteiger partial charge on any atom is 0.0986 e. The Morgan fingerprint density at radius 1 is 0.645 bits per heavy atom. The molecule has 3 heteroatoms. The number of hydrogen-bond acceptors (Lipinski definition) is 3. The normalized spacial score (nSPS) is 12.3. The van der Waals surface area contributed by atoms with Crippen molar-refractivity contribution < 1.29 is 0 Å². The third-order valence-corrected chi connectivity index (χ3v) is 5.62. The summed E-state index contributed by atoms with van der Waals surface area (Å²) >= 11 is 0. The molecule has 0 fully saturated rings. The molecular weight excluding hydrogens is 378 g/mol. The average molecular weight is 395 g/mol. The fraction of sp³-hybridized carbons (Fsp3) is 0.0357. The van der Waals surface area contributed by atoms with Crippen molar-refractivity contribution >= 4 is 33.2 Å². The molecule has 0 saturated heterocycles. The summed E-state index contributed by atoms with van der Waals surface area (Å²) in [5, 5.41) is 2.18. The molecular formula is C28H17N3. The van der Waals surface area contributed by atoms with E-state index in [1.807, 2.05) is 60.9 Å². The lowest BCUT2D eigenvalue weighted by molar-refractivity contribution is 1.35. The Labute approximate surface area is 180 Å². The topological polar surface area (TPSA) is 38.1 Å². The molecule has 6 rings (SSSR count). The van der Waals surface area contributed by atoms with E-state index in [1.54, 1.807) is 0 Å². The standard InChI is InChI=1S/C28H17N3/c1-2-7-19(8-3-1)13-14-20-9-4-10-21(17-20)25-18-24-22-11-5-15-29-27(22)28-23(26(24)31-25)12-6-16-30-28/h1-12,15-17H,18H2. The average Bonchev–Trinajstić information content (AvgIpc) is 3.30. The fourth-order valence-corrected chi connectivity index (χ4v) is 4.17. The zero-order valence-corrected chi connectivity index (χ0v) is 16.7. The van der Waals surface area contributed by atoms with Crippen molar-refractivity contribution in [2.75, 3.05) is 0 Å². The first-order valence-corrected chi connectivity index (χ1v) is 10.3. The van der Waals surface area contributed by atoms with Crippen molar-refractivity contribution in [2.24, 2.45) is 4.99 Å². The van der Waals surface area contributed by atoms with Crippen molar-refractivity contribution in [1.82, 2.24) is 9.97 Å². The predicted molar refractivity (Wildman–Crippen MR) is 126 cm³/mol. The van der Waals surface area contributed by atoms with Gasteiger partial charge in [0.25, 0.3) is 0 Å². The van der Waals surface area contributed by atoms with Gasteiger partial charge in [0.2, 0.25) is 0 Å². The minimum atomic E-state index is 0.776. The summed E-state index contributed by atoms with van der Waals surface area (Å²) in [7, 11) is 0. The van der Waals surface area contributed by atoms with Crippen molar-refractivity contribution in [3.05, 3.63) is 114 Å². The molecule has 3 nitrogen and oxygen atoms in total. The van der Waals surface area contributed by atoms with E-state index in [1.165, 1.54) is 5.56 Å². The highest BCUT2D eigenvalue weighted by Crippen LogP contribution is 2.40. The molecule has 144 valence electrons. The second-order valence-corrected chi connectivity index (χ2v) is 7.56. The molecule has 1 aliphatic heterocycles. The molecule has 0 unspecified atom stereocenters. The zero-order valence-electron chi connectivity index (χ0n) is 16.7. The van der Waals surface area contributed by atoms with Gasteiger partial charge in [-0.1, -0.05) is 48.2 Å². The summed E-state index contributed by atoms with van der Waals surface area (Å²) in [6.45, 7) is 0. The van der Waals surface area contributed by atoms with Gasteiger partial charge in [0.1, 0.15) is 0 Å². The van der Waals surface area contributed by atoms with Crippen LogP contribution in [0.25, 0.3) is 21.8 Å². The van der Waals surface area contributed by atoms with Gasteiger partial charge in [0.05, 0.1) is 22.4 Å². The van der Waals surface area contributed by atoms with Gasteiger partial charge in [0, 0.05) is 40.7 Å². The van der Waals surface area contributed by atoms with Crippen LogP contribution in [0, 0.1) is 11.8 Å². The Morgan fingerprint density at radius 3 is 2.19 bits per heavy atom. The van der Waals surface area contributed by atoms with Crippen LogP contribution in [0.15, 0.2) is 96.2 Å². The molecule has 0 saturated carbocycles. The number of hydrogen-bond donors (Lipinski definition) is 0. The molecule has 0 spiro atoms. The number of aliphatic imine (C=N–C) groups is 1. The van der Waals surface area contributed by atoms with E-state index in [0.717, 1.165) is 56.3 Å². The van der Waals surface area contributed by atoms with E-state index >= 15 is 0 Å². The van der Waals surface area contributed by atoms with Crippen LogP contribution in [0.5, 0.6) is 0 Å². The minimum absolute atomic E-state index is 0.776. The van der Waals surface area contributed by atoms with Gasteiger partial charge in [-0.3, -0.25) is 15.0 Å². The van der Waals surface area contributed by atoms with Gasteiger partial charge in [-0.2, -0.15) is 0 Å². The number of rotatable bonds is 1. The van der Waals surface area contributed by atoms with E-state index in [2.05, 4.69) is 52.1 Å². The van der Waals surface area contributed by atoms with Gasteiger partial charge in [0.15, 0.2) is 0 Å². The molecule has 1 aliphatic rings. The Bertz CT molecular complexity index is 1550. The van der Waals surface area contributed by atoms with Crippen LogP contribution in [-0.2, 0) is 6.42 Å². The van der Waals surface area contributed by atoms with Gasteiger partial charge in [-0.05, 0) is 53.6 Å².